The first-order chi connectivity index (χ1) is 22.0. The van der Waals surface area contributed by atoms with E-state index in [2.05, 4.69) is 15.6 Å². The van der Waals surface area contributed by atoms with Crippen molar-refractivity contribution in [1.82, 2.24) is 15.7 Å². The lowest BCUT2D eigenvalue weighted by Crippen LogP contribution is -2.53. The van der Waals surface area contributed by atoms with E-state index in [1.165, 1.54) is 42.5 Å². The highest BCUT2D eigenvalue weighted by molar-refractivity contribution is 5.96. The molecule has 47 heavy (non-hydrogen) atoms. The Labute approximate surface area is 271 Å². The second-order valence-electron chi connectivity index (χ2n) is 12.1. The van der Waals surface area contributed by atoms with Crippen LogP contribution >= 0.6 is 0 Å². The Morgan fingerprint density at radius 2 is 1.72 bits per heavy atom. The molecule has 1 heterocycles. The number of hydroxylamine groups is 3. The van der Waals surface area contributed by atoms with Gasteiger partial charge in [0.2, 0.25) is 5.91 Å². The number of carbonyl (C=O) groups is 3. The smallest absolute Gasteiger partial charge is 0.326 e. The fourth-order valence-electron chi connectivity index (χ4n) is 4.80. The number of carbonyl (C=O) groups excluding carboxylic acids is 2. The summed E-state index contributed by atoms with van der Waals surface area (Å²) in [6, 6.07) is 7.75. The summed E-state index contributed by atoms with van der Waals surface area (Å²) < 4.78 is 6.26. The number of aliphatic carboxylic acids is 1. The van der Waals surface area contributed by atoms with Gasteiger partial charge in [0.05, 0.1) is 12.2 Å². The van der Waals surface area contributed by atoms with E-state index in [-0.39, 0.29) is 54.7 Å². The normalized spacial score (nSPS) is 16.3. The minimum atomic E-state index is -1.30. The number of benzene rings is 2. The molecule has 1 aliphatic heterocycles. The van der Waals surface area contributed by atoms with Gasteiger partial charge in [-0.15, -0.1) is 0 Å². The largest absolute Gasteiger partial charge is 0.714 e. The zero-order valence-corrected chi connectivity index (χ0v) is 26.7. The van der Waals surface area contributed by atoms with Crippen LogP contribution in [0.2, 0.25) is 0 Å². The molecule has 3 rings (SSSR count). The zero-order valence-electron chi connectivity index (χ0n) is 26.7. The van der Waals surface area contributed by atoms with Crippen molar-refractivity contribution in [3.8, 4) is 11.5 Å². The average molecular weight is 657 g/mol. The number of aliphatic imine (C=N–C) groups is 1. The molecule has 0 fully saturated rings. The molecule has 0 saturated heterocycles. The highest BCUT2D eigenvalue weighted by atomic mass is 16.5. The zero-order chi connectivity index (χ0) is 35.1. The van der Waals surface area contributed by atoms with E-state index in [0.717, 1.165) is 0 Å². The van der Waals surface area contributed by atoms with Gasteiger partial charge >= 0.3 is 11.8 Å². The van der Waals surface area contributed by atoms with Crippen molar-refractivity contribution >= 4 is 29.6 Å². The lowest BCUT2D eigenvalue weighted by Gasteiger charge is -2.32. The van der Waals surface area contributed by atoms with Gasteiger partial charge in [-0.3, -0.25) is 19.3 Å². The molecule has 0 aliphatic carbocycles. The van der Waals surface area contributed by atoms with E-state index in [1.807, 2.05) is 0 Å². The molecule has 0 aromatic heterocycles. The van der Waals surface area contributed by atoms with Crippen LogP contribution in [0.4, 0.5) is 0 Å². The Morgan fingerprint density at radius 1 is 1.06 bits per heavy atom. The lowest BCUT2D eigenvalue weighted by atomic mass is 9.84. The summed E-state index contributed by atoms with van der Waals surface area (Å²) in [4.78, 5) is 41.9. The van der Waals surface area contributed by atoms with E-state index in [1.54, 1.807) is 27.7 Å². The monoisotopic (exact) mass is 656 g/mol. The first-order valence-electron chi connectivity index (χ1n) is 14.8. The molecule has 16 heteroatoms. The van der Waals surface area contributed by atoms with Crippen molar-refractivity contribution in [2.45, 2.75) is 76.7 Å². The van der Waals surface area contributed by atoms with Gasteiger partial charge in [-0.05, 0) is 82.5 Å². The Hall–Kier alpha value is -5.09. The maximum absolute atomic E-state index is 13.3. The lowest BCUT2D eigenvalue weighted by molar-refractivity contribution is -0.539. The number of amidine groups is 1. The number of nitrogens with zero attached hydrogens (tertiary/aromatic N) is 3. The highest BCUT2D eigenvalue weighted by Crippen LogP contribution is 2.37. The minimum absolute atomic E-state index is 0.00778. The minimum Gasteiger partial charge on any atom is -0.714 e. The second kappa shape index (κ2) is 15.0. The molecule has 16 nitrogen and oxygen atoms in total. The number of hydrogen-bond acceptors (Lipinski definition) is 9. The standard InChI is InChI=1S/C31H42N7O9/c1-30(2)31(3,4)38(46)27(37(30)45)19-8-10-21(11-9-19)47-17-25(41)35-23(15-18-7-12-24(40)20(14-18)16-39)26(42)36-22(28(43)44)6-5-13-34-29(32)33/h7-12,14,22-23,39-40H,5-6,13,15-17H2,1-4H3,(H,35,41)(H,36,42)(H,43,44)(H4,32,33,34)/t22-,23-/m0/s1. The number of ether oxygens (including phenoxy) is 1. The number of guanidine groups is 1. The molecule has 0 saturated carbocycles. The van der Waals surface area contributed by atoms with Crippen LogP contribution in [0.5, 0.6) is 11.5 Å². The van der Waals surface area contributed by atoms with Crippen LogP contribution in [0.25, 0.3) is 0 Å². The molecule has 0 bridgehead atoms. The number of nitrogens with two attached hydrogens (primary N) is 2. The highest BCUT2D eigenvalue weighted by Gasteiger charge is 2.59. The third-order valence-electron chi connectivity index (χ3n) is 8.35. The first-order valence-corrected chi connectivity index (χ1v) is 14.8. The topological polar surface area (TPSA) is 259 Å². The van der Waals surface area contributed by atoms with Crippen LogP contribution in [-0.2, 0) is 32.6 Å². The van der Waals surface area contributed by atoms with Gasteiger partial charge in [0.15, 0.2) is 18.1 Å². The molecule has 0 unspecified atom stereocenters. The summed E-state index contributed by atoms with van der Waals surface area (Å²) in [6.07, 6.45) is 0.154. The third kappa shape index (κ3) is 8.59. The fraction of sp³-hybridized carbons (Fsp3) is 0.452. The van der Waals surface area contributed by atoms with Gasteiger partial charge in [-0.2, -0.15) is 0 Å². The summed E-state index contributed by atoms with van der Waals surface area (Å²) in [5.74, 6) is -2.91. The molecule has 2 atom stereocenters. The Morgan fingerprint density at radius 3 is 2.28 bits per heavy atom. The molecule has 2 aromatic carbocycles. The number of rotatable bonds is 15. The van der Waals surface area contributed by atoms with Crippen molar-refractivity contribution in [1.29, 1.82) is 0 Å². The van der Waals surface area contributed by atoms with Crippen LogP contribution < -0.4 is 26.8 Å². The Bertz CT molecular complexity index is 1520. The van der Waals surface area contributed by atoms with E-state index < -0.39 is 54.2 Å². The quantitative estimate of drug-likeness (QED) is 0.0444. The summed E-state index contributed by atoms with van der Waals surface area (Å²) in [7, 11) is 0. The van der Waals surface area contributed by atoms with E-state index in [4.69, 9.17) is 16.2 Å². The van der Waals surface area contributed by atoms with Crippen molar-refractivity contribution in [2.75, 3.05) is 13.2 Å². The predicted molar refractivity (Wildman–Crippen MR) is 169 cm³/mol. The van der Waals surface area contributed by atoms with Crippen molar-refractivity contribution in [2.24, 2.45) is 16.5 Å². The first kappa shape index (κ1) is 36.4. The number of aliphatic hydroxyl groups excluding tert-OH is 1. The Balaban J connectivity index is 1.72. The van der Waals surface area contributed by atoms with Crippen LogP contribution in [0.3, 0.4) is 0 Å². The molecular formula is C31H42N7O9. The Kier molecular flexibility index (Phi) is 11.6. The fourth-order valence-corrected chi connectivity index (χ4v) is 4.80. The van der Waals surface area contributed by atoms with Gasteiger partial charge in [0.1, 0.15) is 29.1 Å². The summed E-state index contributed by atoms with van der Waals surface area (Å²) in [5, 5.41) is 60.6. The molecular weight excluding hydrogens is 614 g/mol. The van der Waals surface area contributed by atoms with Crippen molar-refractivity contribution in [3.05, 3.63) is 64.4 Å². The SMILES string of the molecule is CC1(C)N([O])C(c2ccc(OCC(=O)N[C@@H](Cc3ccc(O)c(CO)c3)C(=O)N[C@@H](CCCN=C(N)N)C(=O)O)cc2)=[N+]([O-])C1(C)C. The van der Waals surface area contributed by atoms with Crippen LogP contribution in [0.15, 0.2) is 47.5 Å². The van der Waals surface area contributed by atoms with Gasteiger partial charge in [-0.1, -0.05) is 11.1 Å². The predicted octanol–water partition coefficient (Wildman–Crippen LogP) is 0.0890. The third-order valence-corrected chi connectivity index (χ3v) is 8.35. The maximum atomic E-state index is 13.3. The van der Waals surface area contributed by atoms with Gasteiger partial charge in [0.25, 0.3) is 5.91 Å². The summed E-state index contributed by atoms with van der Waals surface area (Å²) >= 11 is 0. The van der Waals surface area contributed by atoms with Gasteiger partial charge in [-0.25, -0.2) is 4.79 Å². The van der Waals surface area contributed by atoms with Crippen LogP contribution in [0.1, 0.15) is 57.2 Å². The number of aliphatic hydroxyl groups is 1. The number of carboxylic acid groups (broad SMARTS) is 1. The van der Waals surface area contributed by atoms with Gasteiger partial charge in [0, 0.05) is 23.7 Å². The molecule has 9 N–H and O–H groups in total. The number of carboxylic acids is 1. The number of phenols is 1. The van der Waals surface area contributed by atoms with E-state index in [9.17, 15) is 40.1 Å². The molecule has 255 valence electrons. The number of aromatic hydroxyl groups is 1. The molecule has 1 aliphatic rings. The van der Waals surface area contributed by atoms with Crippen molar-refractivity contribution < 1.29 is 44.4 Å². The van der Waals surface area contributed by atoms with E-state index >= 15 is 0 Å². The second-order valence-corrected chi connectivity index (χ2v) is 12.1. The van der Waals surface area contributed by atoms with Crippen LogP contribution in [-0.4, -0.2) is 91.0 Å². The van der Waals surface area contributed by atoms with E-state index in [0.29, 0.717) is 20.9 Å². The average Bonchev–Trinajstić information content (AvgIpc) is 3.13. The molecule has 0 spiro atoms. The number of nitrogens with one attached hydrogen (secondary N) is 2. The van der Waals surface area contributed by atoms with Gasteiger partial charge < -0.3 is 47.4 Å². The van der Waals surface area contributed by atoms with Crippen LogP contribution in [0, 0.1) is 5.21 Å². The van der Waals surface area contributed by atoms with Crippen molar-refractivity contribution in [3.63, 3.8) is 0 Å². The molecule has 2 amide bonds. The number of hydrogen-bond donors (Lipinski definition) is 7. The maximum Gasteiger partial charge on any atom is 0.326 e. The molecule has 1 radical (unpaired) electrons. The summed E-state index contributed by atoms with van der Waals surface area (Å²) in [6.45, 7) is 5.90. The summed E-state index contributed by atoms with van der Waals surface area (Å²) in [5.41, 5.74) is 9.65. The number of amides is 2. The molecule has 2 aromatic rings.